The number of hydrogen-bond acceptors (Lipinski definition) is 3. The van der Waals surface area contributed by atoms with Crippen LogP contribution in [0.3, 0.4) is 0 Å². The van der Waals surface area contributed by atoms with Crippen LogP contribution < -0.4 is 5.32 Å². The zero-order valence-corrected chi connectivity index (χ0v) is 12.1. The highest BCUT2D eigenvalue weighted by atomic mass is 16.5. The molecule has 2 amide bonds. The number of carbonyl (C=O) groups excluding carboxylic acids is 2. The van der Waals surface area contributed by atoms with Gasteiger partial charge >= 0.3 is 0 Å². The number of amides is 2. The Kier molecular flexibility index (Phi) is 8.37. The van der Waals surface area contributed by atoms with Crippen LogP contribution in [0.5, 0.6) is 0 Å². The minimum atomic E-state index is -0.0945. The standard InChI is InChI=1S/C13H26N2O3/c1-6-10(3)13(11(7-2)18-5)15(4)12(17)8-14-9-16/h9-11,13H,6-8H2,1-5H3,(H,14,16)/t10?,11?,13-/m0/s1. The molecule has 0 aromatic heterocycles. The van der Waals surface area contributed by atoms with Crippen LogP contribution in [0, 0.1) is 5.92 Å². The van der Waals surface area contributed by atoms with E-state index in [0.29, 0.717) is 12.3 Å². The van der Waals surface area contributed by atoms with Crippen LogP contribution in [0.4, 0.5) is 0 Å². The molecule has 0 aromatic carbocycles. The third-order valence-corrected chi connectivity index (χ3v) is 3.49. The second-order valence-corrected chi connectivity index (χ2v) is 4.56. The fourth-order valence-electron chi connectivity index (χ4n) is 2.21. The molecule has 0 rings (SSSR count). The van der Waals surface area contributed by atoms with E-state index in [9.17, 15) is 9.59 Å². The third-order valence-electron chi connectivity index (χ3n) is 3.49. The average Bonchev–Trinajstić information content (AvgIpc) is 2.40. The lowest BCUT2D eigenvalue weighted by Crippen LogP contribution is -2.51. The van der Waals surface area contributed by atoms with Gasteiger partial charge in [-0.2, -0.15) is 0 Å². The molecule has 5 nitrogen and oxygen atoms in total. The molecule has 0 aliphatic heterocycles. The maximum atomic E-state index is 11.9. The van der Waals surface area contributed by atoms with Crippen molar-refractivity contribution < 1.29 is 14.3 Å². The summed E-state index contributed by atoms with van der Waals surface area (Å²) in [6, 6.07) is 0.0333. The molecule has 0 aromatic rings. The molecular formula is C13H26N2O3. The smallest absolute Gasteiger partial charge is 0.242 e. The van der Waals surface area contributed by atoms with Crippen molar-refractivity contribution in [2.24, 2.45) is 5.92 Å². The highest BCUT2D eigenvalue weighted by molar-refractivity contribution is 5.80. The van der Waals surface area contributed by atoms with Crippen LogP contribution in [0.2, 0.25) is 0 Å². The minimum Gasteiger partial charge on any atom is -0.379 e. The van der Waals surface area contributed by atoms with E-state index in [0.717, 1.165) is 12.8 Å². The number of methoxy groups -OCH3 is 1. The summed E-state index contributed by atoms with van der Waals surface area (Å²) in [5.74, 6) is 0.253. The van der Waals surface area contributed by atoms with Crippen molar-refractivity contribution in [3.63, 3.8) is 0 Å². The van der Waals surface area contributed by atoms with Crippen LogP contribution in [-0.4, -0.2) is 50.1 Å². The van der Waals surface area contributed by atoms with Crippen molar-refractivity contribution in [3.05, 3.63) is 0 Å². The molecule has 0 saturated carbocycles. The quantitative estimate of drug-likeness (QED) is 0.628. The number of nitrogens with one attached hydrogen (secondary N) is 1. The van der Waals surface area contributed by atoms with Gasteiger partial charge in [-0.05, 0) is 12.3 Å². The van der Waals surface area contributed by atoms with Gasteiger partial charge in [-0.15, -0.1) is 0 Å². The Bertz CT molecular complexity index is 255. The summed E-state index contributed by atoms with van der Waals surface area (Å²) in [7, 11) is 3.44. The van der Waals surface area contributed by atoms with E-state index in [2.05, 4.69) is 19.2 Å². The minimum absolute atomic E-state index is 0.0186. The second-order valence-electron chi connectivity index (χ2n) is 4.56. The number of ether oxygens (including phenoxy) is 1. The molecule has 0 fully saturated rings. The molecule has 0 saturated heterocycles. The van der Waals surface area contributed by atoms with Crippen molar-refractivity contribution in [1.82, 2.24) is 10.2 Å². The normalized spacial score (nSPS) is 15.6. The molecule has 0 aliphatic rings. The SMILES string of the molecule is CCC(C)[C@@H](C(CC)OC)N(C)C(=O)CNC=O. The summed E-state index contributed by atoms with van der Waals surface area (Å²) in [5.41, 5.74) is 0. The molecule has 5 heteroatoms. The largest absolute Gasteiger partial charge is 0.379 e. The van der Waals surface area contributed by atoms with Crippen LogP contribution in [0.15, 0.2) is 0 Å². The van der Waals surface area contributed by atoms with E-state index in [1.807, 2.05) is 6.92 Å². The molecule has 2 unspecified atom stereocenters. The Balaban J connectivity index is 4.82. The van der Waals surface area contributed by atoms with Gasteiger partial charge in [0.2, 0.25) is 12.3 Å². The summed E-state index contributed by atoms with van der Waals surface area (Å²) < 4.78 is 5.48. The number of nitrogens with zero attached hydrogens (tertiary/aromatic N) is 1. The Hall–Kier alpha value is -1.10. The molecular weight excluding hydrogens is 232 g/mol. The second kappa shape index (κ2) is 8.91. The van der Waals surface area contributed by atoms with E-state index in [1.165, 1.54) is 0 Å². The molecule has 106 valence electrons. The van der Waals surface area contributed by atoms with Gasteiger partial charge in [0.15, 0.2) is 0 Å². The number of rotatable bonds is 9. The first-order valence-electron chi connectivity index (χ1n) is 6.48. The molecule has 0 bridgehead atoms. The predicted molar refractivity (Wildman–Crippen MR) is 71.2 cm³/mol. The van der Waals surface area contributed by atoms with Crippen molar-refractivity contribution in [1.29, 1.82) is 0 Å². The van der Waals surface area contributed by atoms with Crippen LogP contribution >= 0.6 is 0 Å². The van der Waals surface area contributed by atoms with Gasteiger partial charge in [-0.3, -0.25) is 9.59 Å². The average molecular weight is 258 g/mol. The van der Waals surface area contributed by atoms with Gasteiger partial charge in [0.05, 0.1) is 18.7 Å². The molecule has 0 spiro atoms. The first-order chi connectivity index (χ1) is 8.53. The fraction of sp³-hybridized carbons (Fsp3) is 0.846. The van der Waals surface area contributed by atoms with Gasteiger partial charge in [-0.25, -0.2) is 0 Å². The van der Waals surface area contributed by atoms with Crippen molar-refractivity contribution in [2.75, 3.05) is 20.7 Å². The topological polar surface area (TPSA) is 58.6 Å². The van der Waals surface area contributed by atoms with E-state index in [-0.39, 0.29) is 24.6 Å². The molecule has 0 heterocycles. The Labute approximate surface area is 110 Å². The maximum absolute atomic E-state index is 11.9. The van der Waals surface area contributed by atoms with Crippen molar-refractivity contribution in [2.45, 2.75) is 45.8 Å². The van der Waals surface area contributed by atoms with Gasteiger partial charge in [0.1, 0.15) is 0 Å². The van der Waals surface area contributed by atoms with Gasteiger partial charge in [-0.1, -0.05) is 27.2 Å². The highest BCUT2D eigenvalue weighted by Gasteiger charge is 2.31. The number of hydrogen-bond donors (Lipinski definition) is 1. The first-order valence-corrected chi connectivity index (χ1v) is 6.48. The Morgan fingerprint density at radius 2 is 2.00 bits per heavy atom. The van der Waals surface area contributed by atoms with Crippen LogP contribution in [-0.2, 0) is 14.3 Å². The van der Waals surface area contributed by atoms with Gasteiger partial charge < -0.3 is 15.0 Å². The number of carbonyl (C=O) groups is 2. The summed E-state index contributed by atoms with van der Waals surface area (Å²) in [4.78, 5) is 23.9. The van der Waals surface area contributed by atoms with Gasteiger partial charge in [0.25, 0.3) is 0 Å². The third kappa shape index (κ3) is 4.64. The van der Waals surface area contributed by atoms with E-state index >= 15 is 0 Å². The summed E-state index contributed by atoms with van der Waals surface area (Å²) in [6.07, 6.45) is 2.38. The van der Waals surface area contributed by atoms with Crippen molar-refractivity contribution in [3.8, 4) is 0 Å². The van der Waals surface area contributed by atoms with Crippen LogP contribution in [0.25, 0.3) is 0 Å². The Morgan fingerprint density at radius 1 is 1.39 bits per heavy atom. The van der Waals surface area contributed by atoms with E-state index < -0.39 is 0 Å². The summed E-state index contributed by atoms with van der Waals surface area (Å²) >= 11 is 0. The van der Waals surface area contributed by atoms with E-state index in [4.69, 9.17) is 4.74 Å². The van der Waals surface area contributed by atoms with Gasteiger partial charge in [0, 0.05) is 14.2 Å². The van der Waals surface area contributed by atoms with Crippen molar-refractivity contribution >= 4 is 12.3 Å². The molecule has 18 heavy (non-hydrogen) atoms. The first kappa shape index (κ1) is 16.9. The number of likely N-dealkylation sites (N-methyl/N-ethyl adjacent to an activating group) is 1. The monoisotopic (exact) mass is 258 g/mol. The maximum Gasteiger partial charge on any atom is 0.242 e. The lowest BCUT2D eigenvalue weighted by atomic mass is 9.91. The zero-order valence-electron chi connectivity index (χ0n) is 12.1. The molecule has 1 N–H and O–H groups in total. The fourth-order valence-corrected chi connectivity index (χ4v) is 2.21. The lowest BCUT2D eigenvalue weighted by Gasteiger charge is -2.37. The molecule has 0 aliphatic carbocycles. The molecule has 3 atom stereocenters. The summed E-state index contributed by atoms with van der Waals surface area (Å²) in [6.45, 7) is 6.30. The zero-order chi connectivity index (χ0) is 14.1. The van der Waals surface area contributed by atoms with Crippen LogP contribution in [0.1, 0.15) is 33.6 Å². The Morgan fingerprint density at radius 3 is 2.39 bits per heavy atom. The predicted octanol–water partition coefficient (Wildman–Crippen LogP) is 1.03. The molecule has 0 radical (unpaired) electrons. The van der Waals surface area contributed by atoms with E-state index in [1.54, 1.807) is 19.1 Å². The summed E-state index contributed by atoms with van der Waals surface area (Å²) in [5, 5.41) is 2.40. The lowest BCUT2D eigenvalue weighted by molar-refractivity contribution is -0.136. The highest BCUT2D eigenvalue weighted by Crippen LogP contribution is 2.21.